The van der Waals surface area contributed by atoms with Crippen molar-refractivity contribution in [2.45, 2.75) is 27.7 Å². The minimum atomic E-state index is -1.99. The highest BCUT2D eigenvalue weighted by atomic mass is 35.6. The minimum Gasteiger partial charge on any atom is -0.457 e. The minimum absolute atomic E-state index is 0.796. The van der Waals surface area contributed by atoms with Gasteiger partial charge in [-0.3, -0.25) is 4.99 Å². The van der Waals surface area contributed by atoms with Gasteiger partial charge in [-0.15, -0.1) is 0 Å². The van der Waals surface area contributed by atoms with Crippen LogP contribution in [0, 0.1) is 0 Å². The third-order valence-corrected chi connectivity index (χ3v) is 3.45. The third kappa shape index (κ3) is 5.36. The molecule has 0 unspecified atom stereocenters. The summed E-state index contributed by atoms with van der Waals surface area (Å²) in [7, 11) is 5.85. The Kier molecular flexibility index (Phi) is 6.36. The Hall–Kier alpha value is 0.0325. The Morgan fingerprint density at radius 3 is 2.62 bits per heavy atom. The van der Waals surface area contributed by atoms with Crippen LogP contribution in [-0.4, -0.2) is 38.0 Å². The standard InChI is InChI=1S/C9H17N2.Al.ClH.H/c1-5-10-8(3)7-9(4)11-6-2;;;/h7H,5-6H2,1-4H3;;1H;/q-1;+2;;/p-1/b8-7-,11-9?;;;/i;;;1+1. The van der Waals surface area contributed by atoms with Crippen LogP contribution in [0.15, 0.2) is 16.8 Å². The maximum absolute atomic E-state index is 7.56. The first kappa shape index (κ1) is 11.1. The first-order valence-corrected chi connectivity index (χ1v) is 6.81. The maximum atomic E-state index is 7.56. The van der Waals surface area contributed by atoms with Gasteiger partial charge in [-0.2, -0.15) is 0 Å². The number of aliphatic imine (C=N–C) groups is 1. The van der Waals surface area contributed by atoms with E-state index in [1.807, 2.05) is 37.7 Å². The third-order valence-electron chi connectivity index (χ3n) is 1.74. The van der Waals surface area contributed by atoms with Gasteiger partial charge in [0.2, 0.25) is 0 Å². The van der Waals surface area contributed by atoms with E-state index in [-0.39, 0.29) is 0 Å². The lowest BCUT2D eigenvalue weighted by Crippen LogP contribution is -2.22. The second-order valence-corrected chi connectivity index (χ2v) is 4.19. The Morgan fingerprint density at radius 1 is 1.62 bits per heavy atom. The summed E-state index contributed by atoms with van der Waals surface area (Å²) >= 11 is -1.99. The maximum Gasteiger partial charge on any atom is 0.519 e. The summed E-state index contributed by atoms with van der Waals surface area (Å²) in [4.78, 5) is 4.27. The van der Waals surface area contributed by atoms with Gasteiger partial charge in [-0.05, 0) is 47.0 Å². The van der Waals surface area contributed by atoms with Gasteiger partial charge in [0.25, 0.3) is 0 Å². The van der Waals surface area contributed by atoms with Crippen LogP contribution in [-0.2, 0) is 0 Å². The van der Waals surface area contributed by atoms with Crippen LogP contribution < -0.4 is 0 Å². The van der Waals surface area contributed by atoms with Crippen LogP contribution >= 0.6 is 10.0 Å². The molecular formula is C9H18AlClN2. The molecule has 13 heavy (non-hydrogen) atoms. The van der Waals surface area contributed by atoms with Gasteiger partial charge < -0.3 is 3.88 Å². The molecule has 0 aliphatic carbocycles. The Balaban J connectivity index is 4.56. The number of hydrogen-bond acceptors (Lipinski definition) is 2. The average molecular weight is 218 g/mol. The van der Waals surface area contributed by atoms with Crippen molar-refractivity contribution in [2.24, 2.45) is 4.99 Å². The van der Waals surface area contributed by atoms with Crippen molar-refractivity contribution in [1.82, 2.24) is 3.88 Å². The highest BCUT2D eigenvalue weighted by molar-refractivity contribution is 6.92. The molecule has 0 aliphatic rings. The Bertz CT molecular complexity index is 229. The fraction of sp³-hybridized carbons (Fsp3) is 0.667. The van der Waals surface area contributed by atoms with E-state index in [1.165, 1.54) is 0 Å². The zero-order valence-electron chi connectivity index (χ0n) is 9.84. The fourth-order valence-corrected chi connectivity index (χ4v) is 2.32. The molecule has 0 saturated carbocycles. The van der Waals surface area contributed by atoms with Gasteiger partial charge in [-0.25, -0.2) is 10.0 Å². The van der Waals surface area contributed by atoms with Crippen molar-refractivity contribution in [2.75, 3.05) is 13.1 Å². The van der Waals surface area contributed by atoms with E-state index in [9.17, 15) is 0 Å². The van der Waals surface area contributed by atoms with Crippen LogP contribution in [0.1, 0.15) is 27.7 Å². The van der Waals surface area contributed by atoms with E-state index in [4.69, 9.17) is 11.0 Å². The van der Waals surface area contributed by atoms with Crippen LogP contribution in [0.5, 0.6) is 0 Å². The zero-order valence-corrected chi connectivity index (χ0v) is 10.8. The first-order chi connectivity index (χ1) is 6.52. The molecule has 0 amide bonds. The molecule has 0 spiro atoms. The normalized spacial score (nSPS) is 14.1. The molecule has 0 atom stereocenters. The molecule has 2 nitrogen and oxygen atoms in total. The molecular weight excluding hydrogens is 199 g/mol. The lowest BCUT2D eigenvalue weighted by molar-refractivity contribution is 0.583. The summed E-state index contributed by atoms with van der Waals surface area (Å²) in [5, 5.41) is 0. The summed E-state index contributed by atoms with van der Waals surface area (Å²) in [6.45, 7) is 9.56. The molecule has 0 saturated heterocycles. The van der Waals surface area contributed by atoms with Crippen LogP contribution in [0.2, 0.25) is 0 Å². The van der Waals surface area contributed by atoms with Crippen molar-refractivity contribution in [1.29, 1.82) is 0.939 Å². The molecule has 4 heteroatoms. The predicted octanol–water partition coefficient (Wildman–Crippen LogP) is 2.20. The summed E-state index contributed by atoms with van der Waals surface area (Å²) in [6, 6.07) is 0. The summed E-state index contributed by atoms with van der Waals surface area (Å²) in [5.74, 6) is 0. The van der Waals surface area contributed by atoms with Crippen molar-refractivity contribution in [3.05, 3.63) is 11.8 Å². The number of nitrogens with zero attached hydrogens (tertiary/aromatic N) is 2. The molecule has 0 heterocycles. The number of hydrogen-bond donors (Lipinski definition) is 0. The molecule has 0 aromatic carbocycles. The molecule has 0 rings (SSSR count). The molecule has 74 valence electrons. The van der Waals surface area contributed by atoms with E-state index in [2.05, 4.69) is 4.99 Å². The average Bonchev–Trinajstić information content (AvgIpc) is 2.04. The van der Waals surface area contributed by atoms with Gasteiger partial charge >= 0.3 is 14.4 Å². The number of halogens is 1. The summed E-state index contributed by atoms with van der Waals surface area (Å²) in [6.07, 6.45) is 1.99. The highest BCUT2D eigenvalue weighted by Crippen LogP contribution is 2.02. The van der Waals surface area contributed by atoms with Gasteiger partial charge in [0.15, 0.2) is 0 Å². The lowest BCUT2D eigenvalue weighted by Gasteiger charge is -2.20. The SMILES string of the molecule is [2H][Al]([Cl])[N](CC)/C(C)=C\C(C)=NCC. The van der Waals surface area contributed by atoms with Gasteiger partial charge in [0.1, 0.15) is 0 Å². The van der Waals surface area contributed by atoms with Crippen molar-refractivity contribution in [3.63, 3.8) is 0 Å². The van der Waals surface area contributed by atoms with Crippen LogP contribution in [0.25, 0.3) is 0 Å². The molecule has 0 aliphatic heterocycles. The molecule has 0 bridgehead atoms. The quantitative estimate of drug-likeness (QED) is 0.509. The van der Waals surface area contributed by atoms with Crippen molar-refractivity contribution < 1.29 is 0 Å². The number of allylic oxidation sites excluding steroid dienone is 2. The predicted molar refractivity (Wildman–Crippen MR) is 62.8 cm³/mol. The molecule has 0 aromatic heterocycles. The monoisotopic (exact) mass is 217 g/mol. The van der Waals surface area contributed by atoms with E-state index in [0.717, 1.165) is 24.5 Å². The molecule has 0 aromatic rings. The van der Waals surface area contributed by atoms with Crippen LogP contribution in [0.4, 0.5) is 0 Å². The van der Waals surface area contributed by atoms with Crippen LogP contribution in [0.3, 0.4) is 0 Å². The Labute approximate surface area is 92.7 Å². The summed E-state index contributed by atoms with van der Waals surface area (Å²) < 4.78 is 9.50. The lowest BCUT2D eigenvalue weighted by atomic mass is 10.3. The molecule has 0 N–H and O–H groups in total. The van der Waals surface area contributed by atoms with Gasteiger partial charge in [0.05, 0.1) is 0 Å². The smallest absolute Gasteiger partial charge is 0.457 e. The first-order valence-electron chi connectivity index (χ1n) is 5.13. The second kappa shape index (κ2) is 7.44. The van der Waals surface area contributed by atoms with Crippen molar-refractivity contribution in [3.8, 4) is 0 Å². The van der Waals surface area contributed by atoms with Gasteiger partial charge in [0, 0.05) is 12.3 Å². The van der Waals surface area contributed by atoms with Crippen molar-refractivity contribution >= 4 is 30.1 Å². The Morgan fingerprint density at radius 2 is 2.23 bits per heavy atom. The van der Waals surface area contributed by atoms with Gasteiger partial charge in [-0.1, -0.05) is 0 Å². The summed E-state index contributed by atoms with van der Waals surface area (Å²) in [5.41, 5.74) is 2.04. The molecule has 0 fully saturated rings. The highest BCUT2D eigenvalue weighted by Gasteiger charge is 2.03. The van der Waals surface area contributed by atoms with E-state index in [1.54, 1.807) is 0 Å². The fourth-order valence-electron chi connectivity index (χ4n) is 1.08. The second-order valence-electron chi connectivity index (χ2n) is 2.79. The number of rotatable bonds is 5. The van der Waals surface area contributed by atoms with E-state index < -0.39 is 14.4 Å². The largest absolute Gasteiger partial charge is 0.519 e. The van der Waals surface area contributed by atoms with E-state index in [0.29, 0.717) is 0 Å². The zero-order chi connectivity index (χ0) is 11.1. The topological polar surface area (TPSA) is 15.6 Å². The van der Waals surface area contributed by atoms with E-state index >= 15 is 0 Å². The molecule has 0 radical (unpaired) electrons.